The Morgan fingerprint density at radius 3 is 2.26 bits per heavy atom. The topological polar surface area (TPSA) is 57.7 Å². The van der Waals surface area contributed by atoms with E-state index in [-0.39, 0.29) is 32.1 Å². The zero-order valence-corrected chi connectivity index (χ0v) is 15.9. The Kier molecular flexibility index (Phi) is 4.96. The molecule has 0 N–H and O–H groups in total. The van der Waals surface area contributed by atoms with E-state index < -0.39 is 26.6 Å². The lowest BCUT2D eigenvalue weighted by atomic mass is 9.86. The Labute approximate surface area is 158 Å². The van der Waals surface area contributed by atoms with Crippen LogP contribution in [-0.2, 0) is 14.8 Å². The minimum absolute atomic E-state index is 0.0541. The highest BCUT2D eigenvalue weighted by Gasteiger charge is 2.41. The molecule has 1 amide bonds. The molecule has 3 fully saturated rings. The number of piperazine rings is 1. The first-order valence-electron chi connectivity index (χ1n) is 9.58. The van der Waals surface area contributed by atoms with Crippen molar-refractivity contribution in [1.29, 1.82) is 0 Å². The molecule has 2 saturated carbocycles. The molecule has 3 aliphatic rings. The zero-order valence-electron chi connectivity index (χ0n) is 15.1. The quantitative estimate of drug-likeness (QED) is 0.784. The molecule has 0 spiro atoms. The van der Waals surface area contributed by atoms with Gasteiger partial charge < -0.3 is 4.90 Å². The molecule has 5 nitrogen and oxygen atoms in total. The van der Waals surface area contributed by atoms with Gasteiger partial charge in [0.05, 0.1) is 0 Å². The van der Waals surface area contributed by atoms with Crippen molar-refractivity contribution in [2.75, 3.05) is 26.2 Å². The number of hydrogen-bond acceptors (Lipinski definition) is 3. The van der Waals surface area contributed by atoms with E-state index in [1.807, 2.05) is 0 Å². The predicted octanol–water partition coefficient (Wildman–Crippen LogP) is 2.62. The monoisotopic (exact) mass is 398 g/mol. The summed E-state index contributed by atoms with van der Waals surface area (Å²) in [5.41, 5.74) is 0. The summed E-state index contributed by atoms with van der Waals surface area (Å²) >= 11 is 0. The van der Waals surface area contributed by atoms with Crippen LogP contribution in [0.15, 0.2) is 23.1 Å². The average molecular weight is 398 g/mol. The Morgan fingerprint density at radius 1 is 1.04 bits per heavy atom. The van der Waals surface area contributed by atoms with Crippen LogP contribution in [0.3, 0.4) is 0 Å². The third-order valence-corrected chi connectivity index (χ3v) is 8.38. The van der Waals surface area contributed by atoms with Gasteiger partial charge in [0.2, 0.25) is 15.9 Å². The molecule has 1 aliphatic heterocycles. The van der Waals surface area contributed by atoms with Gasteiger partial charge in [-0.2, -0.15) is 4.31 Å². The fourth-order valence-electron chi connectivity index (χ4n) is 5.02. The highest BCUT2D eigenvalue weighted by Crippen LogP contribution is 2.49. The van der Waals surface area contributed by atoms with Crippen LogP contribution in [0.2, 0.25) is 0 Å². The summed E-state index contributed by atoms with van der Waals surface area (Å²) in [7, 11) is -4.26. The molecule has 0 radical (unpaired) electrons. The molecule has 4 rings (SSSR count). The van der Waals surface area contributed by atoms with Crippen LogP contribution in [0.5, 0.6) is 0 Å². The summed E-state index contributed by atoms with van der Waals surface area (Å²) in [5.74, 6) is -0.197. The summed E-state index contributed by atoms with van der Waals surface area (Å²) in [4.78, 5) is 13.4. The molecular formula is C19H24F2N2O3S. The number of carbonyl (C=O) groups excluding carboxylic acids is 1. The molecule has 2 bridgehead atoms. The number of amides is 1. The number of sulfonamides is 1. The SMILES string of the molecule is O=C(C[C@@H]1C[C@H]2CC[C@@H]1C2)N1CCN(S(=O)(=O)c2c(F)cccc2F)CC1. The smallest absolute Gasteiger partial charge is 0.249 e. The highest BCUT2D eigenvalue weighted by atomic mass is 32.2. The van der Waals surface area contributed by atoms with Crippen molar-refractivity contribution in [2.24, 2.45) is 17.8 Å². The maximum Gasteiger partial charge on any atom is 0.249 e. The Bertz CT molecular complexity index is 817. The summed E-state index contributed by atoms with van der Waals surface area (Å²) in [6, 6.07) is 3.01. The van der Waals surface area contributed by atoms with E-state index in [0.29, 0.717) is 18.3 Å². The van der Waals surface area contributed by atoms with Gasteiger partial charge in [0, 0.05) is 32.6 Å². The summed E-state index contributed by atoms with van der Waals surface area (Å²) in [6.07, 6.45) is 5.44. The average Bonchev–Trinajstić information content (AvgIpc) is 3.24. The highest BCUT2D eigenvalue weighted by molar-refractivity contribution is 7.89. The molecule has 0 unspecified atom stereocenters. The van der Waals surface area contributed by atoms with Gasteiger partial charge in [-0.1, -0.05) is 12.5 Å². The lowest BCUT2D eigenvalue weighted by molar-refractivity contribution is -0.133. The molecule has 1 heterocycles. The van der Waals surface area contributed by atoms with Crippen molar-refractivity contribution in [3.8, 4) is 0 Å². The van der Waals surface area contributed by atoms with Crippen molar-refractivity contribution in [3.05, 3.63) is 29.8 Å². The van der Waals surface area contributed by atoms with E-state index in [1.54, 1.807) is 4.90 Å². The second-order valence-corrected chi connectivity index (χ2v) is 9.85. The number of fused-ring (bicyclic) bond motifs is 2. The number of hydrogen-bond donors (Lipinski definition) is 0. The first-order valence-corrected chi connectivity index (χ1v) is 11.0. The standard InChI is InChI=1S/C19H24F2N2O3S/c20-16-2-1-3-17(21)19(16)27(25,26)23-8-6-22(7-9-23)18(24)12-15-11-13-4-5-14(15)10-13/h1-3,13-15H,4-12H2/t13-,14+,15-/m0/s1. The number of nitrogens with zero attached hydrogens (tertiary/aromatic N) is 2. The van der Waals surface area contributed by atoms with E-state index in [0.717, 1.165) is 34.8 Å². The van der Waals surface area contributed by atoms with Gasteiger partial charge in [-0.05, 0) is 49.1 Å². The summed E-state index contributed by atoms with van der Waals surface area (Å²) in [6.45, 7) is 0.626. The Hall–Kier alpha value is -1.54. The number of carbonyl (C=O) groups is 1. The van der Waals surface area contributed by atoms with Gasteiger partial charge in [-0.3, -0.25) is 4.79 Å². The third kappa shape index (κ3) is 3.49. The first kappa shape index (κ1) is 18.8. The van der Waals surface area contributed by atoms with Crippen molar-refractivity contribution >= 4 is 15.9 Å². The molecule has 1 saturated heterocycles. The maximum atomic E-state index is 13.9. The van der Waals surface area contributed by atoms with Crippen molar-refractivity contribution in [2.45, 2.75) is 37.0 Å². The van der Waals surface area contributed by atoms with Crippen molar-refractivity contribution < 1.29 is 22.0 Å². The van der Waals surface area contributed by atoms with Gasteiger partial charge in [-0.25, -0.2) is 17.2 Å². The largest absolute Gasteiger partial charge is 0.340 e. The number of benzene rings is 1. The Morgan fingerprint density at radius 2 is 1.70 bits per heavy atom. The number of rotatable bonds is 4. The maximum absolute atomic E-state index is 13.9. The van der Waals surface area contributed by atoms with Gasteiger partial charge in [-0.15, -0.1) is 0 Å². The molecule has 8 heteroatoms. The van der Waals surface area contributed by atoms with Gasteiger partial charge in [0.15, 0.2) is 4.90 Å². The molecule has 1 aromatic carbocycles. The minimum atomic E-state index is -4.26. The molecule has 2 aliphatic carbocycles. The normalized spacial score (nSPS) is 28.7. The van der Waals surface area contributed by atoms with Crippen LogP contribution in [0.25, 0.3) is 0 Å². The van der Waals surface area contributed by atoms with E-state index in [4.69, 9.17) is 0 Å². The van der Waals surface area contributed by atoms with Crippen LogP contribution in [0, 0.1) is 29.4 Å². The fraction of sp³-hybridized carbons (Fsp3) is 0.632. The van der Waals surface area contributed by atoms with Crippen LogP contribution in [0.1, 0.15) is 32.1 Å². The van der Waals surface area contributed by atoms with Gasteiger partial charge in [0.1, 0.15) is 11.6 Å². The van der Waals surface area contributed by atoms with Crippen LogP contribution in [-0.4, -0.2) is 49.7 Å². The number of halogens is 2. The van der Waals surface area contributed by atoms with E-state index in [1.165, 1.54) is 19.3 Å². The lowest BCUT2D eigenvalue weighted by Gasteiger charge is -2.35. The van der Waals surface area contributed by atoms with Crippen molar-refractivity contribution in [1.82, 2.24) is 9.21 Å². The van der Waals surface area contributed by atoms with Crippen LogP contribution >= 0.6 is 0 Å². The molecular weight excluding hydrogens is 374 g/mol. The molecule has 148 valence electrons. The van der Waals surface area contributed by atoms with Gasteiger partial charge in [0.25, 0.3) is 0 Å². The molecule has 3 atom stereocenters. The summed E-state index contributed by atoms with van der Waals surface area (Å²) in [5, 5.41) is 0. The molecule has 27 heavy (non-hydrogen) atoms. The van der Waals surface area contributed by atoms with Crippen LogP contribution < -0.4 is 0 Å². The minimum Gasteiger partial charge on any atom is -0.340 e. The van der Waals surface area contributed by atoms with E-state index in [9.17, 15) is 22.0 Å². The van der Waals surface area contributed by atoms with E-state index >= 15 is 0 Å². The second kappa shape index (κ2) is 7.13. The first-order chi connectivity index (χ1) is 12.9. The van der Waals surface area contributed by atoms with Gasteiger partial charge >= 0.3 is 0 Å². The third-order valence-electron chi connectivity index (χ3n) is 6.43. The molecule has 0 aromatic heterocycles. The molecule has 1 aromatic rings. The second-order valence-electron chi connectivity index (χ2n) is 7.97. The van der Waals surface area contributed by atoms with E-state index in [2.05, 4.69) is 0 Å². The lowest BCUT2D eigenvalue weighted by Crippen LogP contribution is -2.51. The zero-order chi connectivity index (χ0) is 19.2. The fourth-order valence-corrected chi connectivity index (χ4v) is 6.55. The Balaban J connectivity index is 1.38. The van der Waals surface area contributed by atoms with Crippen LogP contribution in [0.4, 0.5) is 8.78 Å². The van der Waals surface area contributed by atoms with Crippen molar-refractivity contribution in [3.63, 3.8) is 0 Å². The predicted molar refractivity (Wildman–Crippen MR) is 95.3 cm³/mol. The summed E-state index contributed by atoms with van der Waals surface area (Å²) < 4.78 is 54.1.